The molecular weight excluding hydrogens is 419 g/mol. The van der Waals surface area contributed by atoms with E-state index in [-0.39, 0.29) is 11.6 Å². The minimum absolute atomic E-state index is 0.0620. The van der Waals surface area contributed by atoms with Crippen LogP contribution in [0.4, 0.5) is 4.39 Å². The largest absolute Gasteiger partial charge is 0.493 e. The van der Waals surface area contributed by atoms with Crippen LogP contribution in [0.2, 0.25) is 5.02 Å². The lowest BCUT2D eigenvalue weighted by molar-refractivity contribution is 0.284. The molecule has 0 aliphatic carbocycles. The molecule has 2 aromatic carbocycles. The number of aromatic nitrogens is 1. The molecule has 0 aliphatic rings. The zero-order chi connectivity index (χ0) is 20.9. The molecule has 0 fully saturated rings. The summed E-state index contributed by atoms with van der Waals surface area (Å²) in [6.45, 7) is 0.248. The molecule has 1 heterocycles. The maximum absolute atomic E-state index is 14.0. The van der Waals surface area contributed by atoms with Crippen LogP contribution in [-0.2, 0) is 23.2 Å². The monoisotopic (exact) mass is 436 g/mol. The fourth-order valence-corrected chi connectivity index (χ4v) is 3.88. The highest BCUT2D eigenvalue weighted by Gasteiger charge is 2.20. The summed E-state index contributed by atoms with van der Waals surface area (Å²) >= 11 is 5.67. The van der Waals surface area contributed by atoms with Gasteiger partial charge in [0.1, 0.15) is 11.5 Å². The lowest BCUT2D eigenvalue weighted by Gasteiger charge is -2.13. The highest BCUT2D eigenvalue weighted by atomic mass is 35.5. The Hall–Kier alpha value is -2.68. The van der Waals surface area contributed by atoms with Gasteiger partial charge in [0, 0.05) is 24.5 Å². The van der Waals surface area contributed by atoms with E-state index in [0.717, 1.165) is 11.6 Å². The second kappa shape index (κ2) is 9.21. The van der Waals surface area contributed by atoms with Gasteiger partial charge < -0.3 is 9.47 Å². The van der Waals surface area contributed by atoms with Crippen molar-refractivity contribution in [1.82, 2.24) is 9.71 Å². The maximum atomic E-state index is 14.0. The minimum atomic E-state index is -4.08. The molecule has 0 atom stereocenters. The third kappa shape index (κ3) is 5.23. The van der Waals surface area contributed by atoms with E-state index in [0.29, 0.717) is 23.7 Å². The first kappa shape index (κ1) is 21.0. The van der Waals surface area contributed by atoms with E-state index in [9.17, 15) is 12.8 Å². The average Bonchev–Trinajstić information content (AvgIpc) is 2.73. The van der Waals surface area contributed by atoms with Gasteiger partial charge in [-0.2, -0.15) is 0 Å². The second-order valence-corrected chi connectivity index (χ2v) is 8.15. The number of benzene rings is 2. The van der Waals surface area contributed by atoms with Crippen molar-refractivity contribution in [3.63, 3.8) is 0 Å². The molecule has 0 amide bonds. The highest BCUT2D eigenvalue weighted by molar-refractivity contribution is 7.89. The van der Waals surface area contributed by atoms with Gasteiger partial charge in [0.25, 0.3) is 0 Å². The number of methoxy groups -OCH3 is 1. The summed E-state index contributed by atoms with van der Waals surface area (Å²) in [5.41, 5.74) is 1.51. The maximum Gasteiger partial charge on any atom is 0.243 e. The molecule has 0 unspecified atom stereocenters. The minimum Gasteiger partial charge on any atom is -0.493 e. The van der Waals surface area contributed by atoms with Gasteiger partial charge in [-0.3, -0.25) is 4.98 Å². The number of nitrogens with one attached hydrogen (secondary N) is 1. The molecule has 1 N–H and O–H groups in total. The van der Waals surface area contributed by atoms with E-state index in [1.54, 1.807) is 30.6 Å². The predicted octanol–water partition coefficient (Wildman–Crippen LogP) is 3.94. The third-order valence-electron chi connectivity index (χ3n) is 4.02. The topological polar surface area (TPSA) is 77.5 Å². The van der Waals surface area contributed by atoms with Crippen LogP contribution in [0.25, 0.3) is 0 Å². The summed E-state index contributed by atoms with van der Waals surface area (Å²) in [7, 11) is -2.59. The lowest BCUT2D eigenvalue weighted by atomic mass is 10.2. The van der Waals surface area contributed by atoms with Crippen LogP contribution in [0.15, 0.2) is 65.8 Å². The third-order valence-corrected chi connectivity index (χ3v) is 5.73. The Labute approximate surface area is 173 Å². The van der Waals surface area contributed by atoms with E-state index in [4.69, 9.17) is 21.1 Å². The molecule has 0 saturated carbocycles. The van der Waals surface area contributed by atoms with Crippen molar-refractivity contribution >= 4 is 21.6 Å². The Balaban J connectivity index is 1.70. The summed E-state index contributed by atoms with van der Waals surface area (Å²) in [5.74, 6) is -0.0400. The van der Waals surface area contributed by atoms with E-state index >= 15 is 0 Å². The van der Waals surface area contributed by atoms with Crippen molar-refractivity contribution in [2.24, 2.45) is 0 Å². The molecule has 0 aliphatic heterocycles. The summed E-state index contributed by atoms with van der Waals surface area (Å²) in [5, 5.41) is -0.260. The fourth-order valence-electron chi connectivity index (χ4n) is 2.53. The Bertz CT molecular complexity index is 1090. The molecule has 0 radical (unpaired) electrons. The van der Waals surface area contributed by atoms with Crippen LogP contribution in [0.5, 0.6) is 11.5 Å². The molecule has 0 saturated heterocycles. The first-order valence-electron chi connectivity index (χ1n) is 8.53. The van der Waals surface area contributed by atoms with Gasteiger partial charge in [0.15, 0.2) is 17.3 Å². The predicted molar refractivity (Wildman–Crippen MR) is 107 cm³/mol. The summed E-state index contributed by atoms with van der Waals surface area (Å²) in [6, 6.07) is 12.5. The van der Waals surface area contributed by atoms with Crippen molar-refractivity contribution in [2.75, 3.05) is 7.11 Å². The lowest BCUT2D eigenvalue weighted by Crippen LogP contribution is -2.24. The van der Waals surface area contributed by atoms with Crippen LogP contribution in [0, 0.1) is 5.82 Å². The first-order valence-corrected chi connectivity index (χ1v) is 10.4. The van der Waals surface area contributed by atoms with Gasteiger partial charge in [0.2, 0.25) is 10.0 Å². The van der Waals surface area contributed by atoms with Crippen LogP contribution < -0.4 is 14.2 Å². The van der Waals surface area contributed by atoms with Crippen LogP contribution in [-0.4, -0.2) is 20.5 Å². The molecule has 1 aromatic heterocycles. The molecule has 0 bridgehead atoms. The molecule has 29 heavy (non-hydrogen) atoms. The van der Waals surface area contributed by atoms with Gasteiger partial charge in [-0.15, -0.1) is 0 Å². The molecule has 0 spiro atoms. The molecule has 152 valence electrons. The summed E-state index contributed by atoms with van der Waals surface area (Å²) in [4.78, 5) is 3.52. The number of hydrogen-bond donors (Lipinski definition) is 1. The van der Waals surface area contributed by atoms with Crippen molar-refractivity contribution in [1.29, 1.82) is 0 Å². The number of pyridine rings is 1. The molecular formula is C20H18ClFN2O4S. The molecule has 6 nitrogen and oxygen atoms in total. The smallest absolute Gasteiger partial charge is 0.243 e. The van der Waals surface area contributed by atoms with E-state index < -0.39 is 20.7 Å². The van der Waals surface area contributed by atoms with Crippen LogP contribution >= 0.6 is 11.6 Å². The van der Waals surface area contributed by atoms with Crippen LogP contribution in [0.1, 0.15) is 11.1 Å². The Morgan fingerprint density at radius 1 is 1.10 bits per heavy atom. The Kier molecular flexibility index (Phi) is 6.68. The number of rotatable bonds is 8. The number of hydrogen-bond acceptors (Lipinski definition) is 5. The number of sulfonamides is 1. The second-order valence-electron chi connectivity index (χ2n) is 6.01. The highest BCUT2D eigenvalue weighted by Crippen LogP contribution is 2.29. The van der Waals surface area contributed by atoms with Crippen molar-refractivity contribution < 1.29 is 22.3 Å². The quantitative estimate of drug-likeness (QED) is 0.578. The van der Waals surface area contributed by atoms with Gasteiger partial charge in [0.05, 0.1) is 12.1 Å². The van der Waals surface area contributed by atoms with E-state index in [1.165, 1.54) is 19.2 Å². The standard InChI is InChI=1S/C20H18ClFN2O4S/c1-27-18-10-14(7-8-17(18)28-13-15-4-3-9-23-11-15)12-24-29(25,26)19-6-2-5-16(21)20(19)22/h2-11,24H,12-13H2,1H3. The zero-order valence-electron chi connectivity index (χ0n) is 15.4. The Morgan fingerprint density at radius 2 is 1.93 bits per heavy atom. The zero-order valence-corrected chi connectivity index (χ0v) is 17.0. The van der Waals surface area contributed by atoms with Crippen LogP contribution in [0.3, 0.4) is 0 Å². The van der Waals surface area contributed by atoms with Gasteiger partial charge in [-0.1, -0.05) is 29.8 Å². The molecule has 3 rings (SSSR count). The number of halogens is 2. The van der Waals surface area contributed by atoms with Gasteiger partial charge in [-0.25, -0.2) is 17.5 Å². The SMILES string of the molecule is COc1cc(CNS(=O)(=O)c2cccc(Cl)c2F)ccc1OCc1cccnc1. The van der Waals surface area contributed by atoms with Crippen molar-refractivity contribution in [2.45, 2.75) is 18.0 Å². The fraction of sp³-hybridized carbons (Fsp3) is 0.150. The Morgan fingerprint density at radius 3 is 2.66 bits per heavy atom. The van der Waals surface area contributed by atoms with Crippen molar-refractivity contribution in [3.8, 4) is 11.5 Å². The van der Waals surface area contributed by atoms with Gasteiger partial charge in [-0.05, 0) is 35.9 Å². The average molecular weight is 437 g/mol. The van der Waals surface area contributed by atoms with Crippen molar-refractivity contribution in [3.05, 3.63) is 82.9 Å². The number of nitrogens with zero attached hydrogens (tertiary/aromatic N) is 1. The number of ether oxygens (including phenoxy) is 2. The molecule has 9 heteroatoms. The molecule has 3 aromatic rings. The van der Waals surface area contributed by atoms with E-state index in [1.807, 2.05) is 12.1 Å². The normalized spacial score (nSPS) is 11.3. The summed E-state index contributed by atoms with van der Waals surface area (Å²) < 4.78 is 52.2. The summed E-state index contributed by atoms with van der Waals surface area (Å²) in [6.07, 6.45) is 3.37. The first-order chi connectivity index (χ1) is 13.9. The van der Waals surface area contributed by atoms with Gasteiger partial charge >= 0.3 is 0 Å². The van der Waals surface area contributed by atoms with E-state index in [2.05, 4.69) is 9.71 Å².